The van der Waals surface area contributed by atoms with E-state index in [9.17, 15) is 4.79 Å². The number of rotatable bonds is 7. The second-order valence-electron chi connectivity index (χ2n) is 4.55. The zero-order chi connectivity index (χ0) is 12.1. The van der Waals surface area contributed by atoms with Crippen LogP contribution in [0, 0.1) is 0 Å². The molecule has 0 aromatic carbocycles. The average Bonchev–Trinajstić information content (AvgIpc) is 3.08. The van der Waals surface area contributed by atoms with Gasteiger partial charge in [0.05, 0.1) is 6.61 Å². The van der Waals surface area contributed by atoms with E-state index >= 15 is 0 Å². The summed E-state index contributed by atoms with van der Waals surface area (Å²) in [5, 5.41) is 2.84. The lowest BCUT2D eigenvalue weighted by atomic mass is 10.2. The highest BCUT2D eigenvalue weighted by atomic mass is 16.5. The standard InChI is InChI=1S/C11H23N3O2/c1-8(14(2)9-4-5-9)6-13-11(15)10(12)7-16-3/h8-10H,4-7,12H2,1-3H3,(H,13,15). The molecule has 5 heteroatoms. The number of likely N-dealkylation sites (N-methyl/N-ethyl adjacent to an activating group) is 1. The number of amides is 1. The smallest absolute Gasteiger partial charge is 0.239 e. The number of methoxy groups -OCH3 is 1. The van der Waals surface area contributed by atoms with Crippen molar-refractivity contribution >= 4 is 5.91 Å². The molecule has 1 aliphatic carbocycles. The lowest BCUT2D eigenvalue weighted by Crippen LogP contribution is -2.48. The molecule has 1 aliphatic rings. The van der Waals surface area contributed by atoms with Crippen molar-refractivity contribution in [2.24, 2.45) is 5.73 Å². The molecule has 1 fully saturated rings. The number of nitrogens with one attached hydrogen (secondary N) is 1. The first-order chi connectivity index (χ1) is 7.56. The summed E-state index contributed by atoms with van der Waals surface area (Å²) in [5.41, 5.74) is 5.61. The fourth-order valence-corrected chi connectivity index (χ4v) is 1.62. The summed E-state index contributed by atoms with van der Waals surface area (Å²) in [4.78, 5) is 13.8. The van der Waals surface area contributed by atoms with Gasteiger partial charge < -0.3 is 15.8 Å². The van der Waals surface area contributed by atoms with Crippen LogP contribution < -0.4 is 11.1 Å². The first-order valence-electron chi connectivity index (χ1n) is 5.80. The normalized spacial score (nSPS) is 19.6. The lowest BCUT2D eigenvalue weighted by Gasteiger charge is -2.25. The van der Waals surface area contributed by atoms with Crippen LogP contribution in [0.4, 0.5) is 0 Å². The third-order valence-electron chi connectivity index (χ3n) is 3.07. The summed E-state index contributed by atoms with van der Waals surface area (Å²) in [6.07, 6.45) is 2.55. The van der Waals surface area contributed by atoms with E-state index in [2.05, 4.69) is 24.2 Å². The zero-order valence-corrected chi connectivity index (χ0v) is 10.4. The second-order valence-corrected chi connectivity index (χ2v) is 4.55. The lowest BCUT2D eigenvalue weighted by molar-refractivity contribution is -0.123. The van der Waals surface area contributed by atoms with Gasteiger partial charge in [-0.1, -0.05) is 0 Å². The number of nitrogens with zero attached hydrogens (tertiary/aromatic N) is 1. The maximum absolute atomic E-state index is 11.5. The van der Waals surface area contributed by atoms with Crippen molar-refractivity contribution in [3.63, 3.8) is 0 Å². The number of hydrogen-bond acceptors (Lipinski definition) is 4. The van der Waals surface area contributed by atoms with Crippen molar-refractivity contribution in [2.75, 3.05) is 27.3 Å². The minimum Gasteiger partial charge on any atom is -0.383 e. The molecular weight excluding hydrogens is 206 g/mol. The zero-order valence-electron chi connectivity index (χ0n) is 10.4. The highest BCUT2D eigenvalue weighted by molar-refractivity contribution is 5.81. The fourth-order valence-electron chi connectivity index (χ4n) is 1.62. The van der Waals surface area contributed by atoms with Gasteiger partial charge in [0.25, 0.3) is 0 Å². The molecule has 2 unspecified atom stereocenters. The fraction of sp³-hybridized carbons (Fsp3) is 0.909. The number of nitrogens with two attached hydrogens (primary N) is 1. The molecule has 1 amide bonds. The summed E-state index contributed by atoms with van der Waals surface area (Å²) in [7, 11) is 3.64. The molecule has 3 N–H and O–H groups in total. The molecule has 94 valence electrons. The number of ether oxygens (including phenoxy) is 1. The van der Waals surface area contributed by atoms with Crippen LogP contribution in [0.15, 0.2) is 0 Å². The van der Waals surface area contributed by atoms with Crippen molar-refractivity contribution in [3.8, 4) is 0 Å². The summed E-state index contributed by atoms with van der Waals surface area (Å²) in [6, 6.07) is 0.495. The highest BCUT2D eigenvalue weighted by Crippen LogP contribution is 2.26. The second kappa shape index (κ2) is 6.18. The van der Waals surface area contributed by atoms with Crippen molar-refractivity contribution in [1.29, 1.82) is 0 Å². The molecule has 0 radical (unpaired) electrons. The van der Waals surface area contributed by atoms with Gasteiger partial charge in [-0.15, -0.1) is 0 Å². The summed E-state index contributed by atoms with van der Waals surface area (Å²) in [5.74, 6) is -0.141. The molecule has 1 saturated carbocycles. The molecule has 16 heavy (non-hydrogen) atoms. The van der Waals surface area contributed by atoms with Crippen molar-refractivity contribution in [3.05, 3.63) is 0 Å². The number of hydrogen-bond donors (Lipinski definition) is 2. The van der Waals surface area contributed by atoms with Crippen molar-refractivity contribution in [1.82, 2.24) is 10.2 Å². The molecule has 0 saturated heterocycles. The monoisotopic (exact) mass is 229 g/mol. The Morgan fingerprint density at radius 3 is 2.75 bits per heavy atom. The van der Waals surface area contributed by atoms with Crippen LogP contribution in [0.3, 0.4) is 0 Å². The SMILES string of the molecule is COCC(N)C(=O)NCC(C)N(C)C1CC1. The molecule has 0 aromatic heterocycles. The Hall–Kier alpha value is -0.650. The van der Waals surface area contributed by atoms with E-state index in [-0.39, 0.29) is 12.5 Å². The summed E-state index contributed by atoms with van der Waals surface area (Å²) in [6.45, 7) is 3.02. The predicted molar refractivity (Wildman–Crippen MR) is 63.1 cm³/mol. The summed E-state index contributed by atoms with van der Waals surface area (Å²) >= 11 is 0. The van der Waals surface area contributed by atoms with Crippen LogP contribution in [-0.4, -0.2) is 56.2 Å². The molecule has 5 nitrogen and oxygen atoms in total. The minimum absolute atomic E-state index is 0.141. The Labute approximate surface area is 97.3 Å². The van der Waals surface area contributed by atoms with Gasteiger partial charge >= 0.3 is 0 Å². The van der Waals surface area contributed by atoms with Gasteiger partial charge in [-0.3, -0.25) is 9.69 Å². The summed E-state index contributed by atoms with van der Waals surface area (Å²) < 4.78 is 4.83. The Morgan fingerprint density at radius 1 is 1.62 bits per heavy atom. The van der Waals surface area contributed by atoms with E-state index in [1.54, 1.807) is 0 Å². The molecule has 0 heterocycles. The van der Waals surface area contributed by atoms with Crippen LogP contribution in [0.5, 0.6) is 0 Å². The van der Waals surface area contributed by atoms with Gasteiger partial charge in [-0.2, -0.15) is 0 Å². The molecular formula is C11H23N3O2. The van der Waals surface area contributed by atoms with Gasteiger partial charge in [0, 0.05) is 25.7 Å². The molecule has 2 atom stereocenters. The van der Waals surface area contributed by atoms with Gasteiger partial charge in [-0.25, -0.2) is 0 Å². The van der Waals surface area contributed by atoms with Gasteiger partial charge in [0.2, 0.25) is 5.91 Å². The molecule has 1 rings (SSSR count). The minimum atomic E-state index is -0.566. The molecule has 0 bridgehead atoms. The Kier molecular flexibility index (Phi) is 5.18. The van der Waals surface area contributed by atoms with Gasteiger partial charge in [0.15, 0.2) is 0 Å². The third-order valence-corrected chi connectivity index (χ3v) is 3.07. The topological polar surface area (TPSA) is 67.6 Å². The average molecular weight is 229 g/mol. The maximum atomic E-state index is 11.5. The van der Waals surface area contributed by atoms with Gasteiger partial charge in [-0.05, 0) is 26.8 Å². The van der Waals surface area contributed by atoms with Crippen LogP contribution in [0.1, 0.15) is 19.8 Å². The van der Waals surface area contributed by atoms with E-state index in [0.29, 0.717) is 18.6 Å². The van der Waals surface area contributed by atoms with E-state index in [4.69, 9.17) is 10.5 Å². The molecule has 0 spiro atoms. The van der Waals surface area contributed by atoms with Crippen LogP contribution in [0.25, 0.3) is 0 Å². The first kappa shape index (κ1) is 13.4. The van der Waals surface area contributed by atoms with E-state index in [0.717, 1.165) is 0 Å². The largest absolute Gasteiger partial charge is 0.383 e. The predicted octanol–water partition coefficient (Wildman–Crippen LogP) is -0.441. The Balaban J connectivity index is 2.19. The Bertz CT molecular complexity index is 231. The Morgan fingerprint density at radius 2 is 2.25 bits per heavy atom. The molecule has 0 aromatic rings. The number of carbonyl (C=O) groups excluding carboxylic acids is 1. The maximum Gasteiger partial charge on any atom is 0.239 e. The first-order valence-corrected chi connectivity index (χ1v) is 5.80. The highest BCUT2D eigenvalue weighted by Gasteiger charge is 2.29. The van der Waals surface area contributed by atoms with Crippen LogP contribution in [0.2, 0.25) is 0 Å². The van der Waals surface area contributed by atoms with Gasteiger partial charge in [0.1, 0.15) is 6.04 Å². The molecule has 0 aliphatic heterocycles. The van der Waals surface area contributed by atoms with Crippen molar-refractivity contribution in [2.45, 2.75) is 37.9 Å². The van der Waals surface area contributed by atoms with Crippen LogP contribution in [-0.2, 0) is 9.53 Å². The third kappa shape index (κ3) is 4.08. The van der Waals surface area contributed by atoms with E-state index in [1.807, 2.05) is 0 Å². The van der Waals surface area contributed by atoms with Crippen LogP contribution >= 0.6 is 0 Å². The van der Waals surface area contributed by atoms with E-state index < -0.39 is 6.04 Å². The van der Waals surface area contributed by atoms with Crippen molar-refractivity contribution < 1.29 is 9.53 Å². The quantitative estimate of drug-likeness (QED) is 0.621. The van der Waals surface area contributed by atoms with E-state index in [1.165, 1.54) is 20.0 Å². The number of carbonyl (C=O) groups is 1.